The molecule has 1 aliphatic carbocycles. The van der Waals surface area contributed by atoms with E-state index in [0.29, 0.717) is 18.0 Å². The summed E-state index contributed by atoms with van der Waals surface area (Å²) in [6.45, 7) is 2.42. The Balaban J connectivity index is 1.75. The van der Waals surface area contributed by atoms with Crippen molar-refractivity contribution in [1.82, 2.24) is 19.9 Å². The number of nitrogens with zero attached hydrogens (tertiary/aromatic N) is 3. The zero-order chi connectivity index (χ0) is 14.1. The number of nitrogens with one attached hydrogen (secondary N) is 1. The predicted molar refractivity (Wildman–Crippen MR) is 75.3 cm³/mol. The van der Waals surface area contributed by atoms with Crippen molar-refractivity contribution in [3.63, 3.8) is 0 Å². The van der Waals surface area contributed by atoms with Crippen LogP contribution in [0.3, 0.4) is 0 Å². The average Bonchev–Trinajstić information content (AvgIpc) is 3.17. The van der Waals surface area contributed by atoms with Crippen molar-refractivity contribution in [2.45, 2.75) is 32.2 Å². The lowest BCUT2D eigenvalue weighted by Gasteiger charge is -2.17. The lowest BCUT2D eigenvalue weighted by molar-refractivity contribution is 0.0782. The van der Waals surface area contributed by atoms with Crippen LogP contribution >= 0.6 is 0 Å². The van der Waals surface area contributed by atoms with Crippen molar-refractivity contribution in [1.29, 1.82) is 0 Å². The van der Waals surface area contributed by atoms with E-state index in [9.17, 15) is 4.79 Å². The fourth-order valence-electron chi connectivity index (χ4n) is 2.32. The molecule has 0 radical (unpaired) electrons. The summed E-state index contributed by atoms with van der Waals surface area (Å²) < 4.78 is 0. The van der Waals surface area contributed by atoms with E-state index in [4.69, 9.17) is 0 Å². The molecule has 5 nitrogen and oxygen atoms in total. The molecule has 1 amide bonds. The molecule has 0 spiro atoms. The van der Waals surface area contributed by atoms with Crippen molar-refractivity contribution >= 4 is 5.91 Å². The van der Waals surface area contributed by atoms with Crippen LogP contribution in [0.2, 0.25) is 0 Å². The molecule has 0 bridgehead atoms. The minimum absolute atomic E-state index is 0.00746. The third-order valence-electron chi connectivity index (χ3n) is 3.64. The van der Waals surface area contributed by atoms with Gasteiger partial charge in [0.1, 0.15) is 0 Å². The Morgan fingerprint density at radius 1 is 1.45 bits per heavy atom. The van der Waals surface area contributed by atoms with Gasteiger partial charge >= 0.3 is 0 Å². The molecule has 0 saturated heterocycles. The second-order valence-electron chi connectivity index (χ2n) is 5.38. The van der Waals surface area contributed by atoms with Gasteiger partial charge in [-0.1, -0.05) is 0 Å². The number of carbonyl (C=O) groups excluding carboxylic acids is 1. The van der Waals surface area contributed by atoms with E-state index in [1.54, 1.807) is 24.5 Å². The number of aryl methyl sites for hydroxylation is 1. The highest BCUT2D eigenvalue weighted by Gasteiger charge is 2.26. The zero-order valence-corrected chi connectivity index (χ0v) is 11.8. The highest BCUT2D eigenvalue weighted by Crippen LogP contribution is 2.39. The highest BCUT2D eigenvalue weighted by molar-refractivity contribution is 5.95. The molecule has 1 aliphatic rings. The fourth-order valence-corrected chi connectivity index (χ4v) is 2.32. The molecule has 5 heteroatoms. The van der Waals surface area contributed by atoms with E-state index in [1.807, 2.05) is 19.1 Å². The Morgan fingerprint density at radius 3 is 2.85 bits per heavy atom. The summed E-state index contributed by atoms with van der Waals surface area (Å²) in [7, 11) is 1.79. The van der Waals surface area contributed by atoms with Gasteiger partial charge in [0, 0.05) is 24.9 Å². The number of imidazole rings is 1. The largest absolute Gasteiger partial charge is 0.347 e. The van der Waals surface area contributed by atoms with Crippen LogP contribution in [0.5, 0.6) is 0 Å². The SMILES string of the molecule is Cc1nc(C2CC2)ccc1C(=O)N(C)Cc1cnc[nH]1. The van der Waals surface area contributed by atoms with E-state index in [-0.39, 0.29) is 5.91 Å². The Bertz CT molecular complexity index is 617. The molecule has 1 saturated carbocycles. The van der Waals surface area contributed by atoms with Crippen molar-refractivity contribution in [2.24, 2.45) is 0 Å². The van der Waals surface area contributed by atoms with Crippen molar-refractivity contribution in [3.8, 4) is 0 Å². The maximum Gasteiger partial charge on any atom is 0.255 e. The molecule has 0 unspecified atom stereocenters. The van der Waals surface area contributed by atoms with E-state index in [1.165, 1.54) is 12.8 Å². The number of pyridine rings is 1. The van der Waals surface area contributed by atoms with Crippen molar-refractivity contribution in [2.75, 3.05) is 7.05 Å². The number of aromatic amines is 1. The summed E-state index contributed by atoms with van der Waals surface area (Å²) >= 11 is 0. The first-order valence-electron chi connectivity index (χ1n) is 6.85. The van der Waals surface area contributed by atoms with Gasteiger partial charge in [-0.15, -0.1) is 0 Å². The fraction of sp³-hybridized carbons (Fsp3) is 0.400. The minimum atomic E-state index is -0.00746. The van der Waals surface area contributed by atoms with Crippen LogP contribution in [0.25, 0.3) is 0 Å². The lowest BCUT2D eigenvalue weighted by atomic mass is 10.1. The molecule has 1 fully saturated rings. The van der Waals surface area contributed by atoms with Crippen LogP contribution < -0.4 is 0 Å². The molecule has 0 atom stereocenters. The number of H-pyrrole nitrogens is 1. The first kappa shape index (κ1) is 12.8. The Morgan fingerprint density at radius 2 is 2.25 bits per heavy atom. The minimum Gasteiger partial charge on any atom is -0.347 e. The standard InChI is InChI=1S/C15H18N4O/c1-10-13(5-6-14(18-10)11-3-4-11)15(20)19(2)8-12-7-16-9-17-12/h5-7,9,11H,3-4,8H2,1-2H3,(H,16,17). The second-order valence-corrected chi connectivity index (χ2v) is 5.38. The third kappa shape index (κ3) is 2.57. The summed E-state index contributed by atoms with van der Waals surface area (Å²) in [5.74, 6) is 0.604. The number of rotatable bonds is 4. The van der Waals surface area contributed by atoms with Gasteiger partial charge in [-0.3, -0.25) is 9.78 Å². The molecule has 2 aromatic rings. The van der Waals surface area contributed by atoms with E-state index < -0.39 is 0 Å². The van der Waals surface area contributed by atoms with Crippen LogP contribution in [0.4, 0.5) is 0 Å². The van der Waals surface area contributed by atoms with Crippen LogP contribution in [-0.2, 0) is 6.54 Å². The summed E-state index contributed by atoms with van der Waals surface area (Å²) in [4.78, 5) is 25.6. The first-order chi connectivity index (χ1) is 9.65. The molecule has 3 rings (SSSR count). The van der Waals surface area contributed by atoms with Gasteiger partial charge in [0.25, 0.3) is 5.91 Å². The maximum atomic E-state index is 12.4. The first-order valence-corrected chi connectivity index (χ1v) is 6.85. The van der Waals surface area contributed by atoms with Gasteiger partial charge in [-0.25, -0.2) is 4.98 Å². The van der Waals surface area contributed by atoms with Gasteiger partial charge in [0.15, 0.2) is 0 Å². The molecular formula is C15H18N4O. The second kappa shape index (κ2) is 5.07. The third-order valence-corrected chi connectivity index (χ3v) is 3.64. The predicted octanol–water partition coefficient (Wildman–Crippen LogP) is 2.26. The number of amides is 1. The molecular weight excluding hydrogens is 252 g/mol. The van der Waals surface area contributed by atoms with Crippen LogP contribution in [0, 0.1) is 6.92 Å². The van der Waals surface area contributed by atoms with Crippen LogP contribution in [0.15, 0.2) is 24.7 Å². The zero-order valence-electron chi connectivity index (χ0n) is 11.8. The molecule has 2 heterocycles. The molecule has 104 valence electrons. The van der Waals surface area contributed by atoms with E-state index in [0.717, 1.165) is 17.1 Å². The summed E-state index contributed by atoms with van der Waals surface area (Å²) in [5.41, 5.74) is 3.53. The number of aromatic nitrogens is 3. The topological polar surface area (TPSA) is 61.9 Å². The molecule has 20 heavy (non-hydrogen) atoms. The summed E-state index contributed by atoms with van der Waals surface area (Å²) in [6, 6.07) is 3.89. The Hall–Kier alpha value is -2.17. The smallest absolute Gasteiger partial charge is 0.255 e. The quantitative estimate of drug-likeness (QED) is 0.927. The van der Waals surface area contributed by atoms with Gasteiger partial charge in [0.2, 0.25) is 0 Å². The number of hydrogen-bond donors (Lipinski definition) is 1. The molecule has 2 aromatic heterocycles. The van der Waals surface area contributed by atoms with Crippen molar-refractivity contribution < 1.29 is 4.79 Å². The van der Waals surface area contributed by atoms with E-state index >= 15 is 0 Å². The van der Waals surface area contributed by atoms with Crippen molar-refractivity contribution in [3.05, 3.63) is 47.3 Å². The number of hydrogen-bond acceptors (Lipinski definition) is 3. The van der Waals surface area contributed by atoms with Gasteiger partial charge < -0.3 is 9.88 Å². The summed E-state index contributed by atoms with van der Waals surface area (Å²) in [6.07, 6.45) is 5.79. The Labute approximate surface area is 118 Å². The molecule has 0 aromatic carbocycles. The Kier molecular flexibility index (Phi) is 3.26. The van der Waals surface area contributed by atoms with Gasteiger partial charge in [0.05, 0.1) is 29.8 Å². The highest BCUT2D eigenvalue weighted by atomic mass is 16.2. The van der Waals surface area contributed by atoms with Crippen LogP contribution in [0.1, 0.15) is 46.2 Å². The van der Waals surface area contributed by atoms with Gasteiger partial charge in [-0.05, 0) is 31.9 Å². The monoisotopic (exact) mass is 270 g/mol. The lowest BCUT2D eigenvalue weighted by Crippen LogP contribution is -2.27. The number of carbonyl (C=O) groups is 1. The summed E-state index contributed by atoms with van der Waals surface area (Å²) in [5, 5.41) is 0. The van der Waals surface area contributed by atoms with E-state index in [2.05, 4.69) is 15.0 Å². The van der Waals surface area contributed by atoms with Gasteiger partial charge in [-0.2, -0.15) is 0 Å². The maximum absolute atomic E-state index is 12.4. The molecule has 1 N–H and O–H groups in total. The normalized spacial score (nSPS) is 14.3. The average molecular weight is 270 g/mol. The molecule has 0 aliphatic heterocycles. The van der Waals surface area contributed by atoms with Crippen LogP contribution in [-0.4, -0.2) is 32.8 Å².